The lowest BCUT2D eigenvalue weighted by Gasteiger charge is -1.99. The first-order chi connectivity index (χ1) is 7.15. The average molecular weight is 211 g/mol. The molecule has 0 aliphatic rings. The Balaban J connectivity index is 3.40. The summed E-state index contributed by atoms with van der Waals surface area (Å²) < 4.78 is 59.7. The van der Waals surface area contributed by atoms with Gasteiger partial charge in [0.05, 0.1) is 15.3 Å². The second kappa shape index (κ2) is 3.01. The lowest BCUT2D eigenvalue weighted by Crippen LogP contribution is -1.86. The van der Waals surface area contributed by atoms with Gasteiger partial charge in [0.2, 0.25) is 0 Å². The Kier molecular flexibility index (Phi) is 0.848. The zero-order valence-electron chi connectivity index (χ0n) is 10.7. The van der Waals surface area contributed by atoms with Gasteiger partial charge in [-0.1, -0.05) is 15.9 Å². The zero-order valence-corrected chi connectivity index (χ0v) is 6.25. The molecule has 0 bridgehead atoms. The molecule has 0 aliphatic heterocycles. The Morgan fingerprint density at radius 3 is 3.30 bits per heavy atom. The van der Waals surface area contributed by atoms with Crippen molar-refractivity contribution >= 4 is 15.9 Å². The molecule has 54 valence electrons. The van der Waals surface area contributed by atoms with Crippen LogP contribution >= 0.6 is 15.9 Å². The molecule has 0 unspecified atom stereocenters. The van der Waals surface area contributed by atoms with Crippen molar-refractivity contribution in [1.82, 2.24) is 0 Å². The third-order valence-corrected chi connectivity index (χ3v) is 1.20. The molecule has 10 heavy (non-hydrogen) atoms. The number of halogens is 2. The van der Waals surface area contributed by atoms with Crippen molar-refractivity contribution < 1.29 is 17.4 Å². The Morgan fingerprint density at radius 2 is 2.60 bits per heavy atom. The van der Waals surface area contributed by atoms with Gasteiger partial charge < -0.3 is 4.74 Å². The number of ether oxygens (including phenoxy) is 1. The van der Waals surface area contributed by atoms with E-state index in [4.69, 9.17) is 8.22 Å². The third-order valence-electron chi connectivity index (χ3n) is 0.807. The molecule has 0 saturated carbocycles. The molecule has 1 aromatic rings. The summed E-state index contributed by atoms with van der Waals surface area (Å²) in [4.78, 5) is 0. The fraction of sp³-hybridized carbons (Fsp3) is 0.143. The maximum atomic E-state index is 13.4. The van der Waals surface area contributed by atoms with E-state index in [2.05, 4.69) is 20.7 Å². The molecule has 0 aliphatic carbocycles. The van der Waals surface area contributed by atoms with Gasteiger partial charge in [0, 0.05) is 4.47 Å². The molecule has 0 heterocycles. The fourth-order valence-electron chi connectivity index (χ4n) is 0.423. The van der Waals surface area contributed by atoms with Crippen LogP contribution in [0.25, 0.3) is 0 Å². The summed E-state index contributed by atoms with van der Waals surface area (Å²) in [7, 11) is -2.91. The highest BCUT2D eigenvalue weighted by atomic mass is 79.9. The van der Waals surface area contributed by atoms with E-state index in [9.17, 15) is 4.39 Å². The van der Waals surface area contributed by atoms with Crippen molar-refractivity contribution in [3.05, 3.63) is 28.4 Å². The van der Waals surface area contributed by atoms with E-state index in [0.717, 1.165) is 0 Å². The van der Waals surface area contributed by atoms with E-state index in [1.807, 2.05) is 0 Å². The number of methoxy groups -OCH3 is 1. The van der Waals surface area contributed by atoms with E-state index < -0.39 is 36.7 Å². The first-order valence-corrected chi connectivity index (χ1v) is 3.08. The number of rotatable bonds is 1. The molecule has 1 rings (SSSR count). The van der Waals surface area contributed by atoms with Crippen molar-refractivity contribution in [1.29, 1.82) is 0 Å². The first-order valence-electron chi connectivity index (χ1n) is 5.29. The van der Waals surface area contributed by atoms with Gasteiger partial charge >= 0.3 is 0 Å². The smallest absolute Gasteiger partial charge is 0.165 e. The number of benzene rings is 1. The molecule has 0 radical (unpaired) electrons. The number of hydrogen-bond acceptors (Lipinski definition) is 1. The van der Waals surface area contributed by atoms with Crippen molar-refractivity contribution in [2.45, 2.75) is 0 Å². The van der Waals surface area contributed by atoms with Crippen molar-refractivity contribution in [3.8, 4) is 5.75 Å². The summed E-state index contributed by atoms with van der Waals surface area (Å²) in [6.07, 6.45) is 0. The summed E-state index contributed by atoms with van der Waals surface area (Å²) in [5.41, 5.74) is 0. The molecule has 0 amide bonds. The molecular weight excluding hydrogens is 199 g/mol. The van der Waals surface area contributed by atoms with Crippen LogP contribution in [0.3, 0.4) is 0 Å². The van der Waals surface area contributed by atoms with E-state index >= 15 is 0 Å². The predicted octanol–water partition coefficient (Wildman–Crippen LogP) is 2.60. The van der Waals surface area contributed by atoms with Gasteiger partial charge in [-0.2, -0.15) is 0 Å². The van der Waals surface area contributed by atoms with Gasteiger partial charge in [0.15, 0.2) is 11.6 Å². The fourth-order valence-corrected chi connectivity index (χ4v) is 0.702. The van der Waals surface area contributed by atoms with Gasteiger partial charge in [-0.15, -0.1) is 0 Å². The summed E-state index contributed by atoms with van der Waals surface area (Å²) in [6, 6.07) is -1.95. The molecule has 0 fully saturated rings. The monoisotopic (exact) mass is 210 g/mol. The van der Waals surface area contributed by atoms with Gasteiger partial charge in [0.1, 0.15) is 0 Å². The van der Waals surface area contributed by atoms with Gasteiger partial charge in [-0.05, 0) is 18.1 Å². The highest BCUT2D eigenvalue weighted by molar-refractivity contribution is 9.10. The van der Waals surface area contributed by atoms with E-state index in [-0.39, 0.29) is 4.47 Å². The van der Waals surface area contributed by atoms with Crippen LogP contribution in [0.4, 0.5) is 4.39 Å². The summed E-state index contributed by atoms with van der Waals surface area (Å²) in [5, 5.41) is 0. The minimum Gasteiger partial charge on any atom is -0.494 e. The Hall–Kier alpha value is -0.570. The SMILES string of the molecule is [2H]c1c([2H])c(Br)c([2H])c(OC([2H])([2H])[2H])c1F. The molecule has 0 spiro atoms. The minimum absolute atomic E-state index is 0.182. The molecule has 0 saturated heterocycles. The van der Waals surface area contributed by atoms with Gasteiger partial charge in [-0.3, -0.25) is 0 Å². The lowest BCUT2D eigenvalue weighted by atomic mass is 10.3. The van der Waals surface area contributed by atoms with Gasteiger partial charge in [-0.25, -0.2) is 4.39 Å². The Bertz CT molecular complexity index is 403. The van der Waals surface area contributed by atoms with E-state index in [1.54, 1.807) is 0 Å². The maximum Gasteiger partial charge on any atom is 0.165 e. The van der Waals surface area contributed by atoms with Crippen LogP contribution in [-0.4, -0.2) is 7.04 Å². The average Bonchev–Trinajstić information content (AvgIpc) is 2.17. The highest BCUT2D eigenvalue weighted by Crippen LogP contribution is 2.21. The zero-order chi connectivity index (χ0) is 12.7. The van der Waals surface area contributed by atoms with Crippen LogP contribution in [0.5, 0.6) is 5.75 Å². The van der Waals surface area contributed by atoms with Crippen LogP contribution in [0.15, 0.2) is 22.6 Å². The van der Waals surface area contributed by atoms with Crippen molar-refractivity contribution in [2.75, 3.05) is 7.04 Å². The predicted molar refractivity (Wildman–Crippen MR) is 40.7 cm³/mol. The van der Waals surface area contributed by atoms with Crippen LogP contribution in [0.1, 0.15) is 8.22 Å². The summed E-state index contributed by atoms with van der Waals surface area (Å²) in [5.74, 6) is -2.18. The standard InChI is InChI=1S/C7H6BrFO/c1-10-7-4-5(8)2-3-6(7)9/h2-4H,1H3/i1D3,2D,3D,4D. The third kappa shape index (κ3) is 1.48. The molecular formula is C7H6BrFO. The molecule has 0 atom stereocenters. The molecule has 0 aromatic heterocycles. The molecule has 1 aromatic carbocycles. The molecule has 0 N–H and O–H groups in total. The Morgan fingerprint density at radius 1 is 1.80 bits per heavy atom. The van der Waals surface area contributed by atoms with E-state index in [0.29, 0.717) is 0 Å². The molecule has 3 heteroatoms. The second-order valence-electron chi connectivity index (χ2n) is 1.43. The van der Waals surface area contributed by atoms with Gasteiger partial charge in [0.25, 0.3) is 0 Å². The quantitative estimate of drug-likeness (QED) is 0.693. The number of hydrogen-bond donors (Lipinski definition) is 0. The van der Waals surface area contributed by atoms with Crippen LogP contribution < -0.4 is 4.74 Å². The molecule has 1 nitrogen and oxygen atoms in total. The summed E-state index contributed by atoms with van der Waals surface area (Å²) in [6.45, 7) is 0. The second-order valence-corrected chi connectivity index (χ2v) is 2.23. The topological polar surface area (TPSA) is 9.23 Å². The minimum atomic E-state index is -2.91. The largest absolute Gasteiger partial charge is 0.494 e. The highest BCUT2D eigenvalue weighted by Gasteiger charge is 1.99. The van der Waals surface area contributed by atoms with Crippen LogP contribution in [-0.2, 0) is 0 Å². The maximum absolute atomic E-state index is 13.4. The Labute approximate surface area is 75.4 Å². The lowest BCUT2D eigenvalue weighted by molar-refractivity contribution is 0.386. The summed E-state index contributed by atoms with van der Waals surface area (Å²) >= 11 is 2.80. The van der Waals surface area contributed by atoms with E-state index in [1.165, 1.54) is 0 Å². The first kappa shape index (κ1) is 2.81. The van der Waals surface area contributed by atoms with Crippen molar-refractivity contribution in [3.63, 3.8) is 0 Å². The normalized spacial score (nSPS) is 19.4. The van der Waals surface area contributed by atoms with Crippen molar-refractivity contribution in [2.24, 2.45) is 0 Å². The van der Waals surface area contributed by atoms with Crippen LogP contribution in [0.2, 0.25) is 0 Å². The van der Waals surface area contributed by atoms with Crippen LogP contribution in [0, 0.1) is 5.82 Å².